The first-order valence-electron chi connectivity index (χ1n) is 6.55. The molecule has 0 radical (unpaired) electrons. The van der Waals surface area contributed by atoms with Crippen LogP contribution in [0.15, 0.2) is 36.8 Å². The van der Waals surface area contributed by atoms with E-state index in [0.717, 1.165) is 30.5 Å². The second-order valence-corrected chi connectivity index (χ2v) is 5.01. The molecule has 3 rings (SSSR count). The Hall–Kier alpha value is -1.81. The summed E-state index contributed by atoms with van der Waals surface area (Å²) < 4.78 is 13.3. The summed E-state index contributed by atoms with van der Waals surface area (Å²) in [6.07, 6.45) is 7.78. The van der Waals surface area contributed by atoms with Gasteiger partial charge in [-0.2, -0.15) is 0 Å². The van der Waals surface area contributed by atoms with Crippen LogP contribution in [-0.4, -0.2) is 9.97 Å². The summed E-state index contributed by atoms with van der Waals surface area (Å²) in [6.45, 7) is 0. The second-order valence-electron chi connectivity index (χ2n) is 5.01. The highest BCUT2D eigenvalue weighted by Crippen LogP contribution is 2.37. The SMILES string of the molecule is NC(c1cncc(F)c1)C1CCCc2cccnc21. The fraction of sp³-hybridized carbons (Fsp3) is 0.333. The topological polar surface area (TPSA) is 51.8 Å². The van der Waals surface area contributed by atoms with Crippen molar-refractivity contribution in [3.05, 3.63) is 59.4 Å². The highest BCUT2D eigenvalue weighted by molar-refractivity contribution is 5.30. The lowest BCUT2D eigenvalue weighted by Gasteiger charge is -2.29. The first-order valence-corrected chi connectivity index (χ1v) is 6.55. The predicted molar refractivity (Wildman–Crippen MR) is 71.0 cm³/mol. The number of fused-ring (bicyclic) bond motifs is 1. The molecule has 2 N–H and O–H groups in total. The molecule has 2 heterocycles. The summed E-state index contributed by atoms with van der Waals surface area (Å²) in [6, 6.07) is 5.27. The minimum Gasteiger partial charge on any atom is -0.323 e. The van der Waals surface area contributed by atoms with E-state index in [4.69, 9.17) is 5.73 Å². The van der Waals surface area contributed by atoms with E-state index >= 15 is 0 Å². The maximum atomic E-state index is 13.3. The summed E-state index contributed by atoms with van der Waals surface area (Å²) >= 11 is 0. The number of halogens is 1. The Bertz CT molecular complexity index is 585. The third kappa shape index (κ3) is 2.36. The van der Waals surface area contributed by atoms with E-state index in [1.807, 2.05) is 6.07 Å². The summed E-state index contributed by atoms with van der Waals surface area (Å²) in [5.41, 5.74) is 9.37. The lowest BCUT2D eigenvalue weighted by Crippen LogP contribution is -2.24. The van der Waals surface area contributed by atoms with Gasteiger partial charge in [-0.15, -0.1) is 0 Å². The van der Waals surface area contributed by atoms with Crippen LogP contribution in [0.1, 0.15) is 41.6 Å². The highest BCUT2D eigenvalue weighted by atomic mass is 19.1. The predicted octanol–water partition coefficient (Wildman–Crippen LogP) is 2.74. The van der Waals surface area contributed by atoms with Crippen LogP contribution < -0.4 is 5.73 Å². The van der Waals surface area contributed by atoms with Crippen LogP contribution in [0, 0.1) is 5.82 Å². The fourth-order valence-electron chi connectivity index (χ4n) is 2.84. The van der Waals surface area contributed by atoms with E-state index in [1.165, 1.54) is 17.8 Å². The third-order valence-corrected chi connectivity index (χ3v) is 3.78. The lowest BCUT2D eigenvalue weighted by molar-refractivity contribution is 0.460. The molecule has 2 aromatic rings. The van der Waals surface area contributed by atoms with Crippen LogP contribution in [0.2, 0.25) is 0 Å². The zero-order valence-corrected chi connectivity index (χ0v) is 10.6. The van der Waals surface area contributed by atoms with E-state index in [1.54, 1.807) is 12.4 Å². The third-order valence-electron chi connectivity index (χ3n) is 3.78. The van der Waals surface area contributed by atoms with Crippen LogP contribution >= 0.6 is 0 Å². The molecule has 2 atom stereocenters. The Morgan fingerprint density at radius 3 is 3.11 bits per heavy atom. The van der Waals surface area contributed by atoms with Gasteiger partial charge in [-0.1, -0.05) is 6.07 Å². The monoisotopic (exact) mass is 257 g/mol. The van der Waals surface area contributed by atoms with E-state index in [2.05, 4.69) is 16.0 Å². The van der Waals surface area contributed by atoms with E-state index < -0.39 is 0 Å². The molecule has 1 aliphatic rings. The second kappa shape index (κ2) is 5.05. The minimum absolute atomic E-state index is 0.147. The van der Waals surface area contributed by atoms with E-state index in [0.29, 0.717) is 0 Å². The molecule has 1 aliphatic carbocycles. The highest BCUT2D eigenvalue weighted by Gasteiger charge is 2.28. The van der Waals surface area contributed by atoms with Gasteiger partial charge in [-0.25, -0.2) is 4.39 Å². The normalized spacial score (nSPS) is 19.8. The van der Waals surface area contributed by atoms with Gasteiger partial charge in [-0.3, -0.25) is 9.97 Å². The Balaban J connectivity index is 1.95. The molecule has 2 unspecified atom stereocenters. The van der Waals surface area contributed by atoms with Gasteiger partial charge < -0.3 is 5.73 Å². The van der Waals surface area contributed by atoms with Gasteiger partial charge in [0, 0.05) is 30.0 Å². The van der Waals surface area contributed by atoms with Crippen molar-refractivity contribution in [1.29, 1.82) is 0 Å². The molecule has 0 aliphatic heterocycles. The number of nitrogens with two attached hydrogens (primary N) is 1. The van der Waals surface area contributed by atoms with Gasteiger partial charge in [0.25, 0.3) is 0 Å². The number of nitrogens with zero attached hydrogens (tertiary/aromatic N) is 2. The van der Waals surface area contributed by atoms with Gasteiger partial charge in [0.1, 0.15) is 5.82 Å². The van der Waals surface area contributed by atoms with Crippen LogP contribution in [0.4, 0.5) is 4.39 Å². The number of hydrogen-bond acceptors (Lipinski definition) is 3. The lowest BCUT2D eigenvalue weighted by atomic mass is 9.80. The van der Waals surface area contributed by atoms with Gasteiger partial charge >= 0.3 is 0 Å². The van der Waals surface area contributed by atoms with Gasteiger partial charge in [-0.05, 0) is 42.5 Å². The fourth-order valence-corrected chi connectivity index (χ4v) is 2.84. The standard InChI is InChI=1S/C15H16FN3/c16-12-7-11(8-18-9-12)14(17)13-5-1-3-10-4-2-6-19-15(10)13/h2,4,6-9,13-14H,1,3,5,17H2. The average molecular weight is 257 g/mol. The molecule has 0 spiro atoms. The van der Waals surface area contributed by atoms with Crippen LogP contribution in [0.3, 0.4) is 0 Å². The summed E-state index contributed by atoms with van der Waals surface area (Å²) in [4.78, 5) is 8.36. The zero-order valence-electron chi connectivity index (χ0n) is 10.6. The van der Waals surface area contributed by atoms with E-state index in [-0.39, 0.29) is 17.8 Å². The first-order chi connectivity index (χ1) is 9.25. The maximum Gasteiger partial charge on any atom is 0.141 e. The molecule has 0 saturated heterocycles. The molecule has 98 valence electrons. The van der Waals surface area contributed by atoms with Gasteiger partial charge in [0.2, 0.25) is 0 Å². The Kier molecular flexibility index (Phi) is 3.25. The van der Waals surface area contributed by atoms with Crippen molar-refractivity contribution in [1.82, 2.24) is 9.97 Å². The minimum atomic E-state index is -0.343. The Morgan fingerprint density at radius 2 is 2.26 bits per heavy atom. The van der Waals surface area contributed by atoms with Gasteiger partial charge in [0.15, 0.2) is 0 Å². The van der Waals surface area contributed by atoms with Crippen LogP contribution in [-0.2, 0) is 6.42 Å². The molecule has 0 bridgehead atoms. The zero-order chi connectivity index (χ0) is 13.2. The molecule has 4 heteroatoms. The molecule has 0 aromatic carbocycles. The molecule has 0 amide bonds. The van der Waals surface area contributed by atoms with Crippen LogP contribution in [0.25, 0.3) is 0 Å². The van der Waals surface area contributed by atoms with E-state index in [9.17, 15) is 4.39 Å². The number of pyridine rings is 2. The number of hydrogen-bond donors (Lipinski definition) is 1. The molecular formula is C15H16FN3. The molecule has 2 aromatic heterocycles. The van der Waals surface area contributed by atoms with Crippen molar-refractivity contribution < 1.29 is 4.39 Å². The maximum absolute atomic E-state index is 13.3. The van der Waals surface area contributed by atoms with Crippen LogP contribution in [0.5, 0.6) is 0 Å². The Morgan fingerprint density at radius 1 is 1.37 bits per heavy atom. The van der Waals surface area contributed by atoms with Crippen molar-refractivity contribution in [3.8, 4) is 0 Å². The average Bonchev–Trinajstić information content (AvgIpc) is 2.46. The van der Waals surface area contributed by atoms with Crippen molar-refractivity contribution in [2.75, 3.05) is 0 Å². The largest absolute Gasteiger partial charge is 0.323 e. The molecule has 0 fully saturated rings. The molecule has 19 heavy (non-hydrogen) atoms. The summed E-state index contributed by atoms with van der Waals surface area (Å²) in [5.74, 6) is -0.196. The molecule has 3 nitrogen and oxygen atoms in total. The van der Waals surface area contributed by atoms with Crippen molar-refractivity contribution in [2.24, 2.45) is 5.73 Å². The Labute approximate surface area is 111 Å². The molecule has 0 saturated carbocycles. The quantitative estimate of drug-likeness (QED) is 0.900. The van der Waals surface area contributed by atoms with Crippen molar-refractivity contribution in [2.45, 2.75) is 31.2 Å². The number of rotatable bonds is 2. The van der Waals surface area contributed by atoms with Gasteiger partial charge in [0.05, 0.1) is 6.20 Å². The van der Waals surface area contributed by atoms with Crippen molar-refractivity contribution in [3.63, 3.8) is 0 Å². The summed E-state index contributed by atoms with van der Waals surface area (Å²) in [5, 5.41) is 0. The molecular weight excluding hydrogens is 241 g/mol. The number of aromatic nitrogens is 2. The smallest absolute Gasteiger partial charge is 0.141 e. The number of aryl methyl sites for hydroxylation is 1. The summed E-state index contributed by atoms with van der Waals surface area (Å²) in [7, 11) is 0. The van der Waals surface area contributed by atoms with Crippen molar-refractivity contribution >= 4 is 0 Å². The first kappa shape index (κ1) is 12.2.